The third-order valence-electron chi connectivity index (χ3n) is 12.0. The molecule has 13 nitrogen and oxygen atoms in total. The number of carbonyl (C=O) groups excluding carboxylic acids is 4. The lowest BCUT2D eigenvalue weighted by molar-refractivity contribution is -0.240. The van der Waals surface area contributed by atoms with Gasteiger partial charge in [0, 0.05) is 19.0 Å². The number of hydrogen-bond donors (Lipinski definition) is 2. The van der Waals surface area contributed by atoms with Crippen molar-refractivity contribution in [1.82, 2.24) is 4.90 Å². The molecule has 5 saturated heterocycles. The normalized spacial score (nSPS) is 46.7. The summed E-state index contributed by atoms with van der Waals surface area (Å²) < 4.78 is 36.9. The highest BCUT2D eigenvalue weighted by Crippen LogP contribution is 2.85. The number of fused-ring (bicyclic) bond motifs is 1. The highest BCUT2D eigenvalue weighted by molar-refractivity contribution is 5.94. The summed E-state index contributed by atoms with van der Waals surface area (Å²) >= 11 is 0. The molecule has 2 spiro atoms. The number of likely N-dealkylation sites (tertiary alicyclic amines) is 1. The van der Waals surface area contributed by atoms with Gasteiger partial charge < -0.3 is 43.5 Å². The second kappa shape index (κ2) is 9.42. The summed E-state index contributed by atoms with van der Waals surface area (Å²) in [4.78, 5) is 56.6. The third kappa shape index (κ3) is 3.11. The average Bonchev–Trinajstić information content (AvgIpc) is 3.73. The number of ether oxygens (including phenoxy) is 6. The largest absolute Gasteiger partial charge is 0.456 e. The maximum atomic E-state index is 14.4. The van der Waals surface area contributed by atoms with Crippen LogP contribution in [0, 0.1) is 28.1 Å². The lowest BCUT2D eigenvalue weighted by Gasteiger charge is -2.48. The molecule has 46 heavy (non-hydrogen) atoms. The van der Waals surface area contributed by atoms with E-state index in [2.05, 4.69) is 0 Å². The topological polar surface area (TPSA) is 167 Å². The van der Waals surface area contributed by atoms with E-state index in [1.54, 1.807) is 4.90 Å². The molecule has 248 valence electrons. The molecule has 7 fully saturated rings. The molecular formula is C33H39NO12. The van der Waals surface area contributed by atoms with E-state index in [-0.39, 0.29) is 6.61 Å². The Morgan fingerprint density at radius 2 is 1.70 bits per heavy atom. The van der Waals surface area contributed by atoms with E-state index in [1.165, 1.54) is 6.92 Å². The predicted octanol–water partition coefficient (Wildman–Crippen LogP) is 1.46. The second-order valence-electron chi connectivity index (χ2n) is 15.0. The fourth-order valence-electron chi connectivity index (χ4n) is 10.6. The van der Waals surface area contributed by atoms with Crippen LogP contribution >= 0.6 is 0 Å². The molecule has 0 aromatic heterocycles. The molecule has 2 N–H and O–H groups in total. The molecular weight excluding hydrogens is 602 g/mol. The van der Waals surface area contributed by atoms with E-state index in [9.17, 15) is 29.4 Å². The van der Waals surface area contributed by atoms with Gasteiger partial charge in [0.05, 0.1) is 23.4 Å². The van der Waals surface area contributed by atoms with Crippen molar-refractivity contribution in [1.29, 1.82) is 0 Å². The van der Waals surface area contributed by atoms with Gasteiger partial charge in [-0.05, 0) is 37.2 Å². The first-order chi connectivity index (χ1) is 21.8. The molecule has 5 heterocycles. The third-order valence-corrected chi connectivity index (χ3v) is 12.0. The van der Waals surface area contributed by atoms with Crippen molar-refractivity contribution in [2.24, 2.45) is 28.1 Å². The molecule has 0 bridgehead atoms. The summed E-state index contributed by atoms with van der Waals surface area (Å²) in [5.74, 6) is -4.87. The van der Waals surface area contributed by atoms with Crippen LogP contribution in [0.4, 0.5) is 4.79 Å². The molecule has 1 amide bonds. The minimum Gasteiger partial charge on any atom is -0.456 e. The number of benzene rings is 1. The first-order valence-corrected chi connectivity index (χ1v) is 16.1. The fraction of sp³-hybridized carbons (Fsp3) is 0.697. The Hall–Kier alpha value is -3.26. The molecule has 2 aliphatic carbocycles. The van der Waals surface area contributed by atoms with Crippen LogP contribution in [0.15, 0.2) is 30.3 Å². The molecule has 12 atom stereocenters. The lowest BCUT2D eigenvalue weighted by atomic mass is 9.51. The van der Waals surface area contributed by atoms with Crippen molar-refractivity contribution < 1.29 is 57.8 Å². The number of amides is 1. The van der Waals surface area contributed by atoms with Gasteiger partial charge in [-0.3, -0.25) is 4.79 Å². The maximum Gasteiger partial charge on any atom is 0.410 e. The molecule has 8 rings (SSSR count). The standard InChI is InChI=1S/C33H39NO12/c1-16-24(36)43-22-20(35)31-21-18(42-28(39)34-13-9-6-10-14-34)19(29(2,3)4)30(31)23(41-15-17-11-7-5-8-12-17)25(37)45-27(30)46-33(31,26(38)44-21)32(16,22)40/h5,7-8,11-12,16,18-23,27,35,40H,6,9-10,13-15H2,1-4H3/t16-,18-,19?,20?,21?,22?,23+,27?,30?,31?,32-,33?/m1/s1. The van der Waals surface area contributed by atoms with Gasteiger partial charge >= 0.3 is 24.0 Å². The maximum absolute atomic E-state index is 14.4. The molecule has 0 radical (unpaired) electrons. The van der Waals surface area contributed by atoms with Crippen molar-refractivity contribution in [3.8, 4) is 0 Å². The van der Waals surface area contributed by atoms with Crippen molar-refractivity contribution in [3.63, 3.8) is 0 Å². The number of aliphatic hydroxyl groups excluding tert-OH is 1. The summed E-state index contributed by atoms with van der Waals surface area (Å²) in [7, 11) is 0. The highest BCUT2D eigenvalue weighted by Gasteiger charge is 3.05. The Morgan fingerprint density at radius 1 is 1.00 bits per heavy atom. The predicted molar refractivity (Wildman–Crippen MR) is 152 cm³/mol. The number of hydrogen-bond acceptors (Lipinski definition) is 12. The first-order valence-electron chi connectivity index (χ1n) is 16.1. The van der Waals surface area contributed by atoms with E-state index in [1.807, 2.05) is 51.1 Å². The van der Waals surface area contributed by atoms with Gasteiger partial charge in [0.2, 0.25) is 11.9 Å². The van der Waals surface area contributed by atoms with Gasteiger partial charge in [-0.1, -0.05) is 51.1 Å². The number of piperidine rings is 1. The molecule has 2 saturated carbocycles. The Morgan fingerprint density at radius 3 is 2.37 bits per heavy atom. The Balaban J connectivity index is 1.36. The molecule has 5 aliphatic heterocycles. The zero-order valence-electron chi connectivity index (χ0n) is 26.2. The summed E-state index contributed by atoms with van der Waals surface area (Å²) in [5, 5.41) is 25.1. The summed E-state index contributed by atoms with van der Waals surface area (Å²) in [5.41, 5.74) is -8.63. The lowest BCUT2D eigenvalue weighted by Crippen LogP contribution is -2.67. The van der Waals surface area contributed by atoms with Gasteiger partial charge in [-0.15, -0.1) is 0 Å². The Bertz CT molecular complexity index is 1510. The van der Waals surface area contributed by atoms with Crippen LogP contribution in [-0.4, -0.2) is 100 Å². The van der Waals surface area contributed by atoms with Crippen LogP contribution in [-0.2, 0) is 49.4 Å². The van der Waals surface area contributed by atoms with Crippen LogP contribution in [0.25, 0.3) is 0 Å². The van der Waals surface area contributed by atoms with E-state index >= 15 is 0 Å². The molecule has 1 aromatic rings. The van der Waals surface area contributed by atoms with E-state index in [4.69, 9.17) is 28.4 Å². The minimum atomic E-state index is -2.42. The van der Waals surface area contributed by atoms with E-state index in [0.717, 1.165) is 24.8 Å². The number of nitrogens with zero attached hydrogens (tertiary/aromatic N) is 1. The van der Waals surface area contributed by atoms with Crippen LogP contribution < -0.4 is 0 Å². The molecule has 8 unspecified atom stereocenters. The summed E-state index contributed by atoms with van der Waals surface area (Å²) in [6.07, 6.45) is -7.03. The Labute approximate surface area is 265 Å². The minimum absolute atomic E-state index is 0.0398. The average molecular weight is 642 g/mol. The SMILES string of the molecule is C[C@@H]1C(=O)OC2C(O)C34C5OC(=O)C3(OC3OC(=O)[C@H](OCc6ccccc6)C34C(C(C)(C)C)[C@H]5OC(=O)N3CCCCC3)[C@]21O. The molecule has 13 heteroatoms. The zero-order chi connectivity index (χ0) is 32.6. The monoisotopic (exact) mass is 641 g/mol. The molecule has 7 aliphatic rings. The van der Waals surface area contributed by atoms with Crippen LogP contribution in [0.1, 0.15) is 52.5 Å². The van der Waals surface area contributed by atoms with Crippen molar-refractivity contribution >= 4 is 24.0 Å². The van der Waals surface area contributed by atoms with Gasteiger partial charge in [-0.25, -0.2) is 14.4 Å². The van der Waals surface area contributed by atoms with Gasteiger partial charge in [0.25, 0.3) is 0 Å². The number of rotatable bonds is 4. The second-order valence-corrected chi connectivity index (χ2v) is 15.0. The summed E-state index contributed by atoms with van der Waals surface area (Å²) in [6.45, 7) is 8.01. The van der Waals surface area contributed by atoms with Crippen molar-refractivity contribution in [2.45, 2.75) is 102 Å². The van der Waals surface area contributed by atoms with Crippen molar-refractivity contribution in [2.75, 3.05) is 13.1 Å². The Kier molecular flexibility index (Phi) is 6.17. The summed E-state index contributed by atoms with van der Waals surface area (Å²) in [6, 6.07) is 9.14. The zero-order valence-corrected chi connectivity index (χ0v) is 26.2. The van der Waals surface area contributed by atoms with Crippen LogP contribution in [0.5, 0.6) is 0 Å². The fourth-order valence-corrected chi connectivity index (χ4v) is 10.6. The van der Waals surface area contributed by atoms with Gasteiger partial charge in [0.15, 0.2) is 23.9 Å². The smallest absolute Gasteiger partial charge is 0.410 e. The van der Waals surface area contributed by atoms with E-state index in [0.29, 0.717) is 13.1 Å². The molecule has 1 aromatic carbocycles. The number of esters is 3. The van der Waals surface area contributed by atoms with E-state index < -0.39 is 100 Å². The first kappa shape index (κ1) is 30.1. The van der Waals surface area contributed by atoms with Gasteiger partial charge in [-0.2, -0.15) is 0 Å². The number of aliphatic hydroxyl groups is 2. The van der Waals surface area contributed by atoms with Gasteiger partial charge in [0.1, 0.15) is 12.2 Å². The van der Waals surface area contributed by atoms with Crippen LogP contribution in [0.2, 0.25) is 0 Å². The number of carbonyl (C=O) groups is 4. The quantitative estimate of drug-likeness (QED) is 0.359. The van der Waals surface area contributed by atoms with Crippen LogP contribution in [0.3, 0.4) is 0 Å². The highest BCUT2D eigenvalue weighted by atomic mass is 16.8. The van der Waals surface area contributed by atoms with Crippen molar-refractivity contribution in [3.05, 3.63) is 35.9 Å².